The Morgan fingerprint density at radius 1 is 1.06 bits per heavy atom. The quantitative estimate of drug-likeness (QED) is 0.437. The minimum atomic E-state index is -4.48. The molecule has 31 heavy (non-hydrogen) atoms. The Morgan fingerprint density at radius 2 is 1.84 bits per heavy atom. The molecule has 0 saturated heterocycles. The summed E-state index contributed by atoms with van der Waals surface area (Å²) in [6, 6.07) is 10.6. The van der Waals surface area contributed by atoms with Crippen LogP contribution in [0.5, 0.6) is 0 Å². The van der Waals surface area contributed by atoms with Crippen LogP contribution in [0.3, 0.4) is 0 Å². The fraction of sp³-hybridized carbons (Fsp3) is 0.250. The normalized spacial score (nSPS) is 13.3. The Labute approximate surface area is 174 Å². The predicted molar refractivity (Wildman–Crippen MR) is 106 cm³/mol. The molecule has 4 aromatic heterocycles. The van der Waals surface area contributed by atoms with Crippen molar-refractivity contribution in [1.82, 2.24) is 39.1 Å². The van der Waals surface area contributed by atoms with Crippen molar-refractivity contribution in [3.05, 3.63) is 66.1 Å². The molecule has 8 nitrogen and oxygen atoms in total. The third-order valence-electron chi connectivity index (χ3n) is 5.08. The van der Waals surface area contributed by atoms with Crippen molar-refractivity contribution in [3.63, 3.8) is 0 Å². The monoisotopic (exact) mass is 426 g/mol. The van der Waals surface area contributed by atoms with E-state index in [0.29, 0.717) is 22.8 Å². The molecule has 0 unspecified atom stereocenters. The molecule has 0 aliphatic carbocycles. The van der Waals surface area contributed by atoms with Crippen molar-refractivity contribution in [3.8, 4) is 5.69 Å². The first-order chi connectivity index (χ1) is 14.8. The van der Waals surface area contributed by atoms with Gasteiger partial charge in [-0.2, -0.15) is 23.4 Å². The molecule has 0 saturated carbocycles. The molecule has 5 aromatic rings. The van der Waals surface area contributed by atoms with Gasteiger partial charge in [0.25, 0.3) is 0 Å². The second-order valence-corrected chi connectivity index (χ2v) is 7.36. The molecule has 0 N–H and O–H groups in total. The van der Waals surface area contributed by atoms with Crippen LogP contribution in [-0.4, -0.2) is 39.1 Å². The van der Waals surface area contributed by atoms with Crippen molar-refractivity contribution < 1.29 is 13.2 Å². The van der Waals surface area contributed by atoms with Crippen LogP contribution in [0.2, 0.25) is 0 Å². The summed E-state index contributed by atoms with van der Waals surface area (Å²) in [5.41, 5.74) is 1.62. The fourth-order valence-electron chi connectivity index (χ4n) is 3.48. The Bertz CT molecular complexity index is 1380. The number of nitrogens with zero attached hydrogens (tertiary/aromatic N) is 8. The molecule has 158 valence electrons. The van der Waals surface area contributed by atoms with Crippen molar-refractivity contribution >= 4 is 16.7 Å². The largest absolute Gasteiger partial charge is 0.435 e. The van der Waals surface area contributed by atoms with Crippen molar-refractivity contribution in [2.24, 2.45) is 0 Å². The Balaban J connectivity index is 1.49. The first kappa shape index (κ1) is 19.2. The van der Waals surface area contributed by atoms with Gasteiger partial charge < -0.3 is 0 Å². The smallest absolute Gasteiger partial charge is 0.269 e. The van der Waals surface area contributed by atoms with Crippen LogP contribution in [0, 0.1) is 6.92 Å². The number of alkyl halides is 3. The van der Waals surface area contributed by atoms with Crippen LogP contribution < -0.4 is 0 Å². The number of hydrogen-bond donors (Lipinski definition) is 0. The van der Waals surface area contributed by atoms with Gasteiger partial charge in [0.2, 0.25) is 0 Å². The number of aromatic nitrogens is 8. The van der Waals surface area contributed by atoms with E-state index in [2.05, 4.69) is 25.3 Å². The highest BCUT2D eigenvalue weighted by molar-refractivity contribution is 5.89. The van der Waals surface area contributed by atoms with Crippen LogP contribution in [0.4, 0.5) is 13.2 Å². The lowest BCUT2D eigenvalue weighted by Gasteiger charge is -2.09. The standard InChI is InChI=1S/C20H17F3N8/c1-12(10-29-13(2)8-16(27-29)20(21,22)23)17-26-19-15-9-25-31(14-6-4-3-5-7-14)18(15)24-11-30(19)28-17/h3-9,11-12H,10H2,1-2H3/t12-/m0/s1. The van der Waals surface area contributed by atoms with Gasteiger partial charge in [0.1, 0.15) is 6.33 Å². The second-order valence-electron chi connectivity index (χ2n) is 7.36. The molecule has 0 amide bonds. The summed E-state index contributed by atoms with van der Waals surface area (Å²) in [6.07, 6.45) is -1.24. The molecule has 1 aromatic carbocycles. The number of para-hydroxylation sites is 1. The lowest BCUT2D eigenvalue weighted by atomic mass is 10.1. The maximum atomic E-state index is 12.9. The average Bonchev–Trinajstić information content (AvgIpc) is 3.44. The predicted octanol–water partition coefficient (Wildman–Crippen LogP) is 3.79. The summed E-state index contributed by atoms with van der Waals surface area (Å²) in [6.45, 7) is 3.66. The van der Waals surface area contributed by atoms with Gasteiger partial charge in [-0.05, 0) is 25.1 Å². The number of aryl methyl sites for hydroxylation is 1. The van der Waals surface area contributed by atoms with Gasteiger partial charge in [-0.1, -0.05) is 25.1 Å². The van der Waals surface area contributed by atoms with Crippen molar-refractivity contribution in [2.75, 3.05) is 0 Å². The Morgan fingerprint density at radius 3 is 2.55 bits per heavy atom. The highest BCUT2D eigenvalue weighted by Gasteiger charge is 2.34. The van der Waals surface area contributed by atoms with E-state index < -0.39 is 11.9 Å². The third-order valence-corrected chi connectivity index (χ3v) is 5.08. The highest BCUT2D eigenvalue weighted by atomic mass is 19.4. The number of rotatable bonds is 4. The zero-order valence-corrected chi connectivity index (χ0v) is 16.6. The van der Waals surface area contributed by atoms with Gasteiger partial charge in [0.05, 0.1) is 23.8 Å². The molecule has 1 atom stereocenters. The van der Waals surface area contributed by atoms with E-state index in [4.69, 9.17) is 0 Å². The Hall–Kier alpha value is -3.76. The van der Waals surface area contributed by atoms with E-state index in [1.807, 2.05) is 37.3 Å². The number of halogens is 3. The van der Waals surface area contributed by atoms with Gasteiger partial charge in [-0.25, -0.2) is 19.2 Å². The first-order valence-electron chi connectivity index (χ1n) is 9.57. The minimum absolute atomic E-state index is 0.221. The molecular weight excluding hydrogens is 409 g/mol. The van der Waals surface area contributed by atoms with Gasteiger partial charge in [0, 0.05) is 11.6 Å². The molecule has 0 fully saturated rings. The van der Waals surface area contributed by atoms with Gasteiger partial charge in [0.15, 0.2) is 22.8 Å². The van der Waals surface area contributed by atoms with Crippen LogP contribution in [0.15, 0.2) is 48.9 Å². The average molecular weight is 426 g/mol. The zero-order valence-electron chi connectivity index (χ0n) is 16.6. The number of hydrogen-bond acceptors (Lipinski definition) is 5. The molecule has 0 bridgehead atoms. The highest BCUT2D eigenvalue weighted by Crippen LogP contribution is 2.29. The van der Waals surface area contributed by atoms with E-state index in [-0.39, 0.29) is 12.5 Å². The molecule has 0 spiro atoms. The van der Waals surface area contributed by atoms with Crippen LogP contribution in [-0.2, 0) is 12.7 Å². The van der Waals surface area contributed by atoms with Gasteiger partial charge >= 0.3 is 6.18 Å². The van der Waals surface area contributed by atoms with E-state index in [1.54, 1.807) is 28.6 Å². The number of benzene rings is 1. The zero-order chi connectivity index (χ0) is 21.8. The topological polar surface area (TPSA) is 78.7 Å². The van der Waals surface area contributed by atoms with Crippen molar-refractivity contribution in [1.29, 1.82) is 0 Å². The summed E-state index contributed by atoms with van der Waals surface area (Å²) >= 11 is 0. The summed E-state index contributed by atoms with van der Waals surface area (Å²) in [4.78, 5) is 9.09. The lowest BCUT2D eigenvalue weighted by molar-refractivity contribution is -0.141. The van der Waals surface area contributed by atoms with Gasteiger partial charge in [-0.15, -0.1) is 5.10 Å². The maximum Gasteiger partial charge on any atom is 0.435 e. The summed E-state index contributed by atoms with van der Waals surface area (Å²) in [7, 11) is 0. The summed E-state index contributed by atoms with van der Waals surface area (Å²) in [5, 5.41) is 13.3. The SMILES string of the molecule is Cc1cc(C(F)(F)F)nn1C[C@H](C)c1nc2c3cnn(-c4ccccc4)c3ncn2n1. The van der Waals surface area contributed by atoms with Gasteiger partial charge in [-0.3, -0.25) is 4.68 Å². The maximum absolute atomic E-state index is 12.9. The van der Waals surface area contributed by atoms with E-state index in [1.165, 1.54) is 4.68 Å². The third kappa shape index (κ3) is 3.31. The molecule has 11 heteroatoms. The van der Waals surface area contributed by atoms with E-state index in [0.717, 1.165) is 17.1 Å². The first-order valence-corrected chi connectivity index (χ1v) is 9.57. The van der Waals surface area contributed by atoms with E-state index >= 15 is 0 Å². The fourth-order valence-corrected chi connectivity index (χ4v) is 3.48. The van der Waals surface area contributed by atoms with Crippen LogP contribution in [0.25, 0.3) is 22.4 Å². The summed E-state index contributed by atoms with van der Waals surface area (Å²) in [5.74, 6) is 0.226. The molecular formula is C20H17F3N8. The second kappa shape index (κ2) is 6.89. The lowest BCUT2D eigenvalue weighted by Crippen LogP contribution is -2.12. The van der Waals surface area contributed by atoms with E-state index in [9.17, 15) is 13.2 Å². The Kier molecular flexibility index (Phi) is 4.27. The number of fused-ring (bicyclic) bond motifs is 3. The molecule has 5 rings (SSSR count). The van der Waals surface area contributed by atoms with Crippen LogP contribution in [0.1, 0.15) is 30.1 Å². The minimum Gasteiger partial charge on any atom is -0.269 e. The summed E-state index contributed by atoms with van der Waals surface area (Å²) < 4.78 is 43.4. The molecule has 4 heterocycles. The van der Waals surface area contributed by atoms with Crippen molar-refractivity contribution in [2.45, 2.75) is 32.5 Å². The van der Waals surface area contributed by atoms with Crippen LogP contribution >= 0.6 is 0 Å². The molecule has 0 aliphatic rings. The molecule has 0 radical (unpaired) electrons. The molecule has 0 aliphatic heterocycles.